The maximum absolute atomic E-state index is 4.57. The highest BCUT2D eigenvalue weighted by Gasteiger charge is 2.19. The third-order valence-corrected chi connectivity index (χ3v) is 5.06. The fourth-order valence-corrected chi connectivity index (χ4v) is 3.74. The molecular formula is C20H19BrN4. The molecule has 1 aliphatic rings. The molecule has 0 bridgehead atoms. The minimum atomic E-state index is 0.858. The van der Waals surface area contributed by atoms with Crippen LogP contribution >= 0.6 is 15.9 Å². The minimum Gasteiger partial charge on any atom is -0.294 e. The molecule has 1 aromatic carbocycles. The first-order valence-electron chi connectivity index (χ1n) is 8.41. The van der Waals surface area contributed by atoms with E-state index in [1.54, 1.807) is 0 Å². The number of aromatic nitrogens is 3. The second kappa shape index (κ2) is 7.02. The normalized spacial score (nSPS) is 14.3. The summed E-state index contributed by atoms with van der Waals surface area (Å²) in [5.74, 6) is 0.858. The van der Waals surface area contributed by atoms with E-state index in [0.29, 0.717) is 0 Å². The molecule has 3 heterocycles. The molecule has 5 heteroatoms. The summed E-state index contributed by atoms with van der Waals surface area (Å²) in [6.45, 7) is 4.73. The van der Waals surface area contributed by atoms with Gasteiger partial charge in [-0.15, -0.1) is 0 Å². The average Bonchev–Trinajstić information content (AvgIpc) is 2.62. The van der Waals surface area contributed by atoms with Crippen molar-refractivity contribution < 1.29 is 0 Å². The zero-order chi connectivity index (χ0) is 17.2. The summed E-state index contributed by atoms with van der Waals surface area (Å²) in [5.41, 5.74) is 6.13. The van der Waals surface area contributed by atoms with Crippen LogP contribution in [0.2, 0.25) is 0 Å². The van der Waals surface area contributed by atoms with Crippen molar-refractivity contribution in [2.75, 3.05) is 6.54 Å². The number of nitrogens with zero attached hydrogens (tertiary/aromatic N) is 4. The molecule has 0 unspecified atom stereocenters. The van der Waals surface area contributed by atoms with Crippen molar-refractivity contribution in [1.29, 1.82) is 0 Å². The van der Waals surface area contributed by atoms with Gasteiger partial charge in [-0.1, -0.05) is 28.1 Å². The zero-order valence-electron chi connectivity index (χ0n) is 14.1. The zero-order valence-corrected chi connectivity index (χ0v) is 15.7. The van der Waals surface area contributed by atoms with Gasteiger partial charge in [-0.25, -0.2) is 9.97 Å². The van der Waals surface area contributed by atoms with E-state index in [0.717, 1.165) is 36.4 Å². The van der Waals surface area contributed by atoms with E-state index in [-0.39, 0.29) is 0 Å². The average molecular weight is 395 g/mol. The first kappa shape index (κ1) is 16.4. The standard InChI is InChI=1S/C20H19BrN4/c1-14-23-11-17-13-25(8-6-20(17)24-14)12-16-10-22-7-5-19(16)15-3-2-4-18(21)9-15/h2-5,7,9-11H,6,8,12-13H2,1H3. The molecule has 0 amide bonds. The number of hydrogen-bond acceptors (Lipinski definition) is 4. The number of aryl methyl sites for hydroxylation is 1. The third-order valence-electron chi connectivity index (χ3n) is 4.57. The summed E-state index contributed by atoms with van der Waals surface area (Å²) in [4.78, 5) is 15.7. The predicted molar refractivity (Wildman–Crippen MR) is 102 cm³/mol. The third kappa shape index (κ3) is 3.62. The molecule has 126 valence electrons. The van der Waals surface area contributed by atoms with Crippen LogP contribution in [0.5, 0.6) is 0 Å². The van der Waals surface area contributed by atoms with Gasteiger partial charge in [-0.05, 0) is 41.8 Å². The SMILES string of the molecule is Cc1ncc2c(n1)CCN(Cc1cnccc1-c1cccc(Br)c1)C2. The highest BCUT2D eigenvalue weighted by atomic mass is 79.9. The van der Waals surface area contributed by atoms with Crippen LogP contribution in [0.25, 0.3) is 11.1 Å². The lowest BCUT2D eigenvalue weighted by Crippen LogP contribution is -2.31. The molecule has 0 aliphatic carbocycles. The number of fused-ring (bicyclic) bond motifs is 1. The van der Waals surface area contributed by atoms with Crippen molar-refractivity contribution >= 4 is 15.9 Å². The Morgan fingerprint density at radius 2 is 2.12 bits per heavy atom. The van der Waals surface area contributed by atoms with E-state index < -0.39 is 0 Å². The Balaban J connectivity index is 1.59. The van der Waals surface area contributed by atoms with Gasteiger partial charge in [0.05, 0.1) is 0 Å². The molecule has 0 atom stereocenters. The van der Waals surface area contributed by atoms with Crippen LogP contribution in [0.15, 0.2) is 53.4 Å². The molecule has 0 spiro atoms. The summed E-state index contributed by atoms with van der Waals surface area (Å²) in [7, 11) is 0. The van der Waals surface area contributed by atoms with Gasteiger partial charge in [0.2, 0.25) is 0 Å². The first-order valence-corrected chi connectivity index (χ1v) is 9.21. The van der Waals surface area contributed by atoms with Gasteiger partial charge in [-0.2, -0.15) is 0 Å². The fourth-order valence-electron chi connectivity index (χ4n) is 3.34. The fraction of sp³-hybridized carbons (Fsp3) is 0.250. The molecule has 0 N–H and O–H groups in total. The van der Waals surface area contributed by atoms with Crippen molar-refractivity contribution in [1.82, 2.24) is 19.9 Å². The van der Waals surface area contributed by atoms with Crippen LogP contribution in [0, 0.1) is 6.92 Å². The van der Waals surface area contributed by atoms with Gasteiger partial charge in [0, 0.05) is 60.4 Å². The quantitative estimate of drug-likeness (QED) is 0.668. The Bertz CT molecular complexity index is 910. The molecule has 0 saturated carbocycles. The molecule has 0 fully saturated rings. The van der Waals surface area contributed by atoms with Crippen molar-refractivity contribution in [2.45, 2.75) is 26.4 Å². The Morgan fingerprint density at radius 1 is 1.20 bits per heavy atom. The van der Waals surface area contributed by atoms with Gasteiger partial charge < -0.3 is 0 Å². The number of rotatable bonds is 3. The molecule has 1 aliphatic heterocycles. The highest BCUT2D eigenvalue weighted by Crippen LogP contribution is 2.28. The van der Waals surface area contributed by atoms with E-state index in [4.69, 9.17) is 0 Å². The Labute approximate surface area is 156 Å². The number of hydrogen-bond donors (Lipinski definition) is 0. The van der Waals surface area contributed by atoms with Crippen LogP contribution in [0.3, 0.4) is 0 Å². The molecule has 0 saturated heterocycles. The Morgan fingerprint density at radius 3 is 3.00 bits per heavy atom. The molecule has 0 radical (unpaired) electrons. The predicted octanol–water partition coefficient (Wildman–Crippen LogP) is 4.17. The Kier molecular flexibility index (Phi) is 4.59. The van der Waals surface area contributed by atoms with E-state index in [9.17, 15) is 0 Å². The summed E-state index contributed by atoms with van der Waals surface area (Å²) < 4.78 is 1.09. The summed E-state index contributed by atoms with van der Waals surface area (Å²) in [6, 6.07) is 10.5. The largest absolute Gasteiger partial charge is 0.294 e. The van der Waals surface area contributed by atoms with E-state index in [1.165, 1.54) is 27.9 Å². The molecule has 4 rings (SSSR count). The van der Waals surface area contributed by atoms with Gasteiger partial charge >= 0.3 is 0 Å². The minimum absolute atomic E-state index is 0.858. The number of pyridine rings is 1. The molecule has 2 aromatic heterocycles. The summed E-state index contributed by atoms with van der Waals surface area (Å²) in [6.07, 6.45) is 6.80. The Hall–Kier alpha value is -2.11. The van der Waals surface area contributed by atoms with Crippen LogP contribution in [0.1, 0.15) is 22.6 Å². The summed E-state index contributed by atoms with van der Waals surface area (Å²) in [5, 5.41) is 0. The van der Waals surface area contributed by atoms with Crippen LogP contribution < -0.4 is 0 Å². The maximum atomic E-state index is 4.57. The molecule has 4 nitrogen and oxygen atoms in total. The van der Waals surface area contributed by atoms with Crippen molar-refractivity contribution in [3.8, 4) is 11.1 Å². The number of halogens is 1. The van der Waals surface area contributed by atoms with Gasteiger partial charge in [0.1, 0.15) is 5.82 Å². The molecular weight excluding hydrogens is 376 g/mol. The second-order valence-corrected chi connectivity index (χ2v) is 7.31. The van der Waals surface area contributed by atoms with Crippen LogP contribution in [-0.2, 0) is 19.5 Å². The smallest absolute Gasteiger partial charge is 0.125 e. The van der Waals surface area contributed by atoms with Gasteiger partial charge in [0.15, 0.2) is 0 Å². The molecule has 25 heavy (non-hydrogen) atoms. The van der Waals surface area contributed by atoms with Crippen LogP contribution in [0.4, 0.5) is 0 Å². The highest BCUT2D eigenvalue weighted by molar-refractivity contribution is 9.10. The molecule has 3 aromatic rings. The topological polar surface area (TPSA) is 41.9 Å². The van der Waals surface area contributed by atoms with Gasteiger partial charge in [-0.3, -0.25) is 9.88 Å². The lowest BCUT2D eigenvalue weighted by Gasteiger charge is -2.28. The summed E-state index contributed by atoms with van der Waals surface area (Å²) >= 11 is 3.57. The van der Waals surface area contributed by atoms with Crippen molar-refractivity contribution in [3.05, 3.63) is 76.0 Å². The van der Waals surface area contributed by atoms with Crippen molar-refractivity contribution in [2.24, 2.45) is 0 Å². The number of benzene rings is 1. The monoisotopic (exact) mass is 394 g/mol. The maximum Gasteiger partial charge on any atom is 0.125 e. The van der Waals surface area contributed by atoms with Crippen LogP contribution in [-0.4, -0.2) is 26.4 Å². The lowest BCUT2D eigenvalue weighted by atomic mass is 10.0. The van der Waals surface area contributed by atoms with Crippen molar-refractivity contribution in [3.63, 3.8) is 0 Å². The van der Waals surface area contributed by atoms with E-state index in [1.807, 2.05) is 31.6 Å². The lowest BCUT2D eigenvalue weighted by molar-refractivity contribution is 0.242. The van der Waals surface area contributed by atoms with Gasteiger partial charge in [0.25, 0.3) is 0 Å². The van der Waals surface area contributed by atoms with E-state index >= 15 is 0 Å². The first-order chi connectivity index (χ1) is 12.2. The second-order valence-electron chi connectivity index (χ2n) is 6.39. The van der Waals surface area contributed by atoms with E-state index in [2.05, 4.69) is 60.0 Å².